The van der Waals surface area contributed by atoms with Crippen molar-refractivity contribution in [1.29, 1.82) is 0 Å². The van der Waals surface area contributed by atoms with Crippen molar-refractivity contribution in [3.05, 3.63) is 0 Å². The second-order valence-electron chi connectivity index (χ2n) is 2.19. The van der Waals surface area contributed by atoms with Gasteiger partial charge in [0.15, 0.2) is 0 Å². The summed E-state index contributed by atoms with van der Waals surface area (Å²) in [5, 5.41) is 8.45. The highest BCUT2D eigenvalue weighted by molar-refractivity contribution is 4.99. The summed E-state index contributed by atoms with van der Waals surface area (Å²) in [4.78, 5) is 0. The van der Waals surface area contributed by atoms with E-state index in [-0.39, 0.29) is 12.0 Å². The Balaban J connectivity index is 3.66. The van der Waals surface area contributed by atoms with Gasteiger partial charge in [-0.15, -0.1) is 6.42 Å². The summed E-state index contributed by atoms with van der Waals surface area (Å²) in [6, 6.07) is 0. The van der Waals surface area contributed by atoms with E-state index in [2.05, 4.69) is 5.92 Å². The first-order valence-electron chi connectivity index (χ1n) is 2.21. The Labute approximate surface area is 44.4 Å². The zero-order valence-corrected chi connectivity index (χ0v) is 4.73. The molecule has 0 fully saturated rings. The zero-order chi connectivity index (χ0) is 5.91. The molecular weight excluding hydrogens is 88.1 g/mol. The Hall–Kier alpha value is -0.480. The van der Waals surface area contributed by atoms with Crippen LogP contribution in [-0.2, 0) is 0 Å². The molecule has 0 aliphatic rings. The minimum Gasteiger partial charge on any atom is -0.395 e. The lowest BCUT2D eigenvalue weighted by atomic mass is 9.97. The van der Waals surface area contributed by atoms with E-state index in [1.54, 1.807) is 0 Å². The van der Waals surface area contributed by atoms with Crippen molar-refractivity contribution in [3.63, 3.8) is 0 Å². The molecule has 0 bridgehead atoms. The SMILES string of the molecule is C#CC(C)(C)CO. The van der Waals surface area contributed by atoms with Crippen LogP contribution in [0.25, 0.3) is 0 Å². The number of aliphatic hydroxyl groups is 1. The molecule has 0 spiro atoms. The summed E-state index contributed by atoms with van der Waals surface area (Å²) < 4.78 is 0. The van der Waals surface area contributed by atoms with Crippen LogP contribution in [0.15, 0.2) is 0 Å². The van der Waals surface area contributed by atoms with Crippen molar-refractivity contribution in [2.75, 3.05) is 6.61 Å². The summed E-state index contributed by atoms with van der Waals surface area (Å²) >= 11 is 0. The quantitative estimate of drug-likeness (QED) is 0.477. The molecule has 0 saturated carbocycles. The number of terminal acetylenes is 1. The molecule has 0 rings (SSSR count). The van der Waals surface area contributed by atoms with Crippen LogP contribution < -0.4 is 0 Å². The molecule has 1 N–H and O–H groups in total. The molecule has 0 aromatic carbocycles. The maximum atomic E-state index is 8.45. The lowest BCUT2D eigenvalue weighted by Crippen LogP contribution is -2.12. The maximum Gasteiger partial charge on any atom is 0.0591 e. The van der Waals surface area contributed by atoms with Gasteiger partial charge in [0.05, 0.1) is 6.61 Å². The molecule has 1 nitrogen and oxygen atoms in total. The van der Waals surface area contributed by atoms with E-state index in [1.165, 1.54) is 0 Å². The van der Waals surface area contributed by atoms with Gasteiger partial charge < -0.3 is 5.11 Å². The fraction of sp³-hybridized carbons (Fsp3) is 0.667. The van der Waals surface area contributed by atoms with E-state index < -0.39 is 0 Å². The molecule has 0 aromatic heterocycles. The van der Waals surface area contributed by atoms with Gasteiger partial charge in [-0.3, -0.25) is 0 Å². The average Bonchev–Trinajstić information content (AvgIpc) is 1.68. The van der Waals surface area contributed by atoms with E-state index in [0.29, 0.717) is 0 Å². The predicted molar refractivity (Wildman–Crippen MR) is 29.7 cm³/mol. The van der Waals surface area contributed by atoms with Gasteiger partial charge in [-0.1, -0.05) is 5.92 Å². The van der Waals surface area contributed by atoms with Crippen LogP contribution in [0.1, 0.15) is 13.8 Å². The Morgan fingerprint density at radius 1 is 1.71 bits per heavy atom. The first kappa shape index (κ1) is 6.52. The Morgan fingerprint density at radius 2 is 2.14 bits per heavy atom. The van der Waals surface area contributed by atoms with E-state index in [9.17, 15) is 0 Å². The van der Waals surface area contributed by atoms with Crippen molar-refractivity contribution < 1.29 is 5.11 Å². The van der Waals surface area contributed by atoms with Gasteiger partial charge >= 0.3 is 0 Å². The standard InChI is InChI=1S/C6H10O/c1-4-6(2,3)5-7/h1,7H,5H2,2-3H3. The minimum absolute atomic E-state index is 0.0590. The first-order chi connectivity index (χ1) is 3.12. The summed E-state index contributed by atoms with van der Waals surface area (Å²) in [6.45, 7) is 3.68. The summed E-state index contributed by atoms with van der Waals surface area (Å²) in [5.74, 6) is 2.44. The first-order valence-corrected chi connectivity index (χ1v) is 2.21. The van der Waals surface area contributed by atoms with Crippen molar-refractivity contribution in [2.45, 2.75) is 13.8 Å². The molecule has 0 aromatic rings. The second-order valence-corrected chi connectivity index (χ2v) is 2.19. The Morgan fingerprint density at radius 3 is 2.14 bits per heavy atom. The molecule has 0 saturated heterocycles. The number of hydrogen-bond donors (Lipinski definition) is 1. The molecule has 0 aliphatic heterocycles. The van der Waals surface area contributed by atoms with Crippen LogP contribution in [0.5, 0.6) is 0 Å². The molecule has 40 valence electrons. The molecule has 0 radical (unpaired) electrons. The molecule has 1 heteroatoms. The third kappa shape index (κ3) is 2.24. The lowest BCUT2D eigenvalue weighted by molar-refractivity contribution is 0.207. The summed E-state index contributed by atoms with van der Waals surface area (Å²) in [6.07, 6.45) is 5.01. The lowest BCUT2D eigenvalue weighted by Gasteiger charge is -2.10. The normalized spacial score (nSPS) is 10.6. The van der Waals surface area contributed by atoms with Crippen molar-refractivity contribution in [1.82, 2.24) is 0 Å². The number of aliphatic hydroxyl groups excluding tert-OH is 1. The molecule has 0 unspecified atom stereocenters. The van der Waals surface area contributed by atoms with Crippen molar-refractivity contribution in [2.24, 2.45) is 5.41 Å². The number of rotatable bonds is 1. The third-order valence-corrected chi connectivity index (χ3v) is 0.786. The van der Waals surface area contributed by atoms with Crippen molar-refractivity contribution in [3.8, 4) is 12.3 Å². The van der Waals surface area contributed by atoms with Gasteiger partial charge in [-0.2, -0.15) is 0 Å². The topological polar surface area (TPSA) is 20.2 Å². The third-order valence-electron chi connectivity index (χ3n) is 0.786. The van der Waals surface area contributed by atoms with E-state index in [0.717, 1.165) is 0 Å². The molecular formula is C6H10O. The molecule has 0 atom stereocenters. The largest absolute Gasteiger partial charge is 0.395 e. The highest BCUT2D eigenvalue weighted by atomic mass is 16.3. The van der Waals surface area contributed by atoms with Gasteiger partial charge in [0.2, 0.25) is 0 Å². The smallest absolute Gasteiger partial charge is 0.0591 e. The van der Waals surface area contributed by atoms with E-state index in [4.69, 9.17) is 11.5 Å². The summed E-state index contributed by atoms with van der Waals surface area (Å²) in [5.41, 5.74) is -0.333. The van der Waals surface area contributed by atoms with Gasteiger partial charge in [0.25, 0.3) is 0 Å². The van der Waals surface area contributed by atoms with Gasteiger partial charge in [0, 0.05) is 5.41 Å². The van der Waals surface area contributed by atoms with Crippen LogP contribution in [0.2, 0.25) is 0 Å². The van der Waals surface area contributed by atoms with Crippen LogP contribution in [0, 0.1) is 17.8 Å². The van der Waals surface area contributed by atoms with Crippen LogP contribution in [-0.4, -0.2) is 11.7 Å². The monoisotopic (exact) mass is 98.1 g/mol. The van der Waals surface area contributed by atoms with Crippen LogP contribution in [0.3, 0.4) is 0 Å². The molecule has 0 aliphatic carbocycles. The van der Waals surface area contributed by atoms with E-state index >= 15 is 0 Å². The Kier molecular flexibility index (Phi) is 1.86. The highest BCUT2D eigenvalue weighted by Gasteiger charge is 2.09. The Bertz CT molecular complexity index is 86.8. The van der Waals surface area contributed by atoms with Gasteiger partial charge in [-0.05, 0) is 13.8 Å². The molecule has 7 heavy (non-hydrogen) atoms. The predicted octanol–water partition coefficient (Wildman–Crippen LogP) is 0.638. The van der Waals surface area contributed by atoms with Crippen LogP contribution >= 0.6 is 0 Å². The van der Waals surface area contributed by atoms with E-state index in [1.807, 2.05) is 13.8 Å². The fourth-order valence-electron chi connectivity index (χ4n) is 0.0456. The zero-order valence-electron chi connectivity index (χ0n) is 4.73. The minimum atomic E-state index is -0.333. The van der Waals surface area contributed by atoms with Gasteiger partial charge in [-0.25, -0.2) is 0 Å². The average molecular weight is 98.1 g/mol. The highest BCUT2D eigenvalue weighted by Crippen LogP contribution is 2.09. The maximum absolute atomic E-state index is 8.45. The summed E-state index contributed by atoms with van der Waals surface area (Å²) in [7, 11) is 0. The second kappa shape index (κ2) is 1.99. The van der Waals surface area contributed by atoms with Crippen molar-refractivity contribution >= 4 is 0 Å². The van der Waals surface area contributed by atoms with Gasteiger partial charge in [0.1, 0.15) is 0 Å². The molecule has 0 heterocycles. The fourth-order valence-corrected chi connectivity index (χ4v) is 0.0456. The molecule has 0 amide bonds. The number of hydrogen-bond acceptors (Lipinski definition) is 1. The van der Waals surface area contributed by atoms with Crippen LogP contribution in [0.4, 0.5) is 0 Å².